The van der Waals surface area contributed by atoms with Gasteiger partial charge in [0.2, 0.25) is 0 Å². The van der Waals surface area contributed by atoms with Crippen LogP contribution >= 0.6 is 0 Å². The van der Waals surface area contributed by atoms with Crippen molar-refractivity contribution in [1.29, 1.82) is 0 Å². The molecule has 1 aliphatic heterocycles. The first-order valence-electron chi connectivity index (χ1n) is 10.6. The second kappa shape index (κ2) is 8.35. The van der Waals surface area contributed by atoms with Crippen LogP contribution in [0, 0.1) is 0 Å². The molecular formula is C23H22F2N6O3. The maximum atomic E-state index is 13.0. The summed E-state index contributed by atoms with van der Waals surface area (Å²) in [6.45, 7) is 0.397. The Balaban J connectivity index is 1.63. The minimum absolute atomic E-state index is 0.0269. The van der Waals surface area contributed by atoms with Crippen molar-refractivity contribution >= 4 is 5.65 Å². The van der Waals surface area contributed by atoms with Crippen LogP contribution in [0.15, 0.2) is 48.8 Å². The summed E-state index contributed by atoms with van der Waals surface area (Å²) >= 11 is 0. The number of fused-ring (bicyclic) bond motifs is 3. The number of aliphatic hydroxyl groups excluding tert-OH is 1. The van der Waals surface area contributed by atoms with Crippen molar-refractivity contribution in [3.8, 4) is 17.0 Å². The molecule has 0 saturated carbocycles. The van der Waals surface area contributed by atoms with Crippen LogP contribution in [0.3, 0.4) is 0 Å². The summed E-state index contributed by atoms with van der Waals surface area (Å²) in [5.41, 5.74) is 1.86. The van der Waals surface area contributed by atoms with Crippen molar-refractivity contribution in [2.45, 2.75) is 38.2 Å². The fourth-order valence-corrected chi connectivity index (χ4v) is 4.02. The zero-order chi connectivity index (χ0) is 24.0. The number of rotatable bonds is 5. The zero-order valence-electron chi connectivity index (χ0n) is 18.4. The molecule has 9 nitrogen and oxygen atoms in total. The number of nitrogens with zero attached hydrogens (tertiary/aromatic N) is 5. The molecule has 0 bridgehead atoms. The van der Waals surface area contributed by atoms with E-state index in [2.05, 4.69) is 25.4 Å². The lowest BCUT2D eigenvalue weighted by molar-refractivity contribution is -0.0507. The summed E-state index contributed by atoms with van der Waals surface area (Å²) in [5.74, 6) is 0.305. The first-order valence-corrected chi connectivity index (χ1v) is 10.6. The van der Waals surface area contributed by atoms with Gasteiger partial charge in [-0.2, -0.15) is 13.9 Å². The van der Waals surface area contributed by atoms with E-state index in [0.29, 0.717) is 33.9 Å². The summed E-state index contributed by atoms with van der Waals surface area (Å²) in [5, 5.41) is 28.5. The van der Waals surface area contributed by atoms with Gasteiger partial charge in [-0.05, 0) is 32.0 Å². The molecule has 34 heavy (non-hydrogen) atoms. The van der Waals surface area contributed by atoms with Crippen LogP contribution in [-0.4, -0.2) is 47.9 Å². The summed E-state index contributed by atoms with van der Waals surface area (Å²) in [4.78, 5) is 13.0. The van der Waals surface area contributed by atoms with Gasteiger partial charge in [0.1, 0.15) is 17.5 Å². The fraction of sp³-hybridized carbons (Fsp3) is 0.304. The molecule has 2 unspecified atom stereocenters. The second-order valence-corrected chi connectivity index (χ2v) is 8.50. The van der Waals surface area contributed by atoms with E-state index >= 15 is 0 Å². The Morgan fingerprint density at radius 3 is 2.59 bits per heavy atom. The van der Waals surface area contributed by atoms with E-state index in [1.165, 1.54) is 6.07 Å². The van der Waals surface area contributed by atoms with Crippen LogP contribution in [0.5, 0.6) is 5.75 Å². The summed E-state index contributed by atoms with van der Waals surface area (Å²) in [7, 11) is 0. The van der Waals surface area contributed by atoms with Crippen LogP contribution in [0.1, 0.15) is 48.8 Å². The third kappa shape index (κ3) is 3.98. The van der Waals surface area contributed by atoms with Crippen LogP contribution in [0.25, 0.3) is 16.9 Å². The third-order valence-electron chi connectivity index (χ3n) is 5.59. The average Bonchev–Trinajstić information content (AvgIpc) is 3.19. The first-order chi connectivity index (χ1) is 16.2. The molecular weight excluding hydrogens is 446 g/mol. The molecule has 0 saturated heterocycles. The Bertz CT molecular complexity index is 1340. The summed E-state index contributed by atoms with van der Waals surface area (Å²) in [6, 6.07) is 9.39. The molecule has 0 spiro atoms. The Morgan fingerprint density at radius 2 is 1.88 bits per heavy atom. The number of hydrogen-bond donors (Lipinski definition) is 3. The van der Waals surface area contributed by atoms with E-state index < -0.39 is 24.4 Å². The van der Waals surface area contributed by atoms with Gasteiger partial charge in [-0.15, -0.1) is 0 Å². The lowest BCUT2D eigenvalue weighted by Crippen LogP contribution is -2.35. The average molecular weight is 468 g/mol. The van der Waals surface area contributed by atoms with E-state index in [4.69, 9.17) is 4.74 Å². The summed E-state index contributed by atoms with van der Waals surface area (Å²) < 4.78 is 32.4. The topological polar surface area (TPSA) is 118 Å². The lowest BCUT2D eigenvalue weighted by atomic mass is 9.96. The van der Waals surface area contributed by atoms with Gasteiger partial charge in [0.15, 0.2) is 11.5 Å². The predicted molar refractivity (Wildman–Crippen MR) is 117 cm³/mol. The number of halogens is 2. The summed E-state index contributed by atoms with van der Waals surface area (Å²) in [6.07, 6.45) is 2.23. The van der Waals surface area contributed by atoms with Crippen LogP contribution < -0.4 is 10.1 Å². The normalized spacial score (nSPS) is 18.3. The predicted octanol–water partition coefficient (Wildman–Crippen LogP) is 2.74. The number of aliphatic hydroxyl groups is 2. The number of alkyl halides is 2. The molecule has 3 N–H and O–H groups in total. The molecule has 4 aromatic rings. The number of hydrogen-bond acceptors (Lipinski definition) is 8. The third-order valence-corrected chi connectivity index (χ3v) is 5.59. The minimum Gasteiger partial charge on any atom is -0.434 e. The van der Waals surface area contributed by atoms with Crippen molar-refractivity contribution in [2.24, 2.45) is 0 Å². The Hall–Kier alpha value is -3.54. The van der Waals surface area contributed by atoms with Crippen molar-refractivity contribution in [2.75, 3.05) is 6.54 Å². The fourth-order valence-electron chi connectivity index (χ4n) is 4.02. The van der Waals surface area contributed by atoms with E-state index in [0.717, 1.165) is 0 Å². The van der Waals surface area contributed by atoms with Gasteiger partial charge < -0.3 is 20.3 Å². The van der Waals surface area contributed by atoms with Crippen molar-refractivity contribution < 1.29 is 23.7 Å². The number of ether oxygens (including phenoxy) is 1. The molecule has 1 aliphatic rings. The highest BCUT2D eigenvalue weighted by molar-refractivity contribution is 5.59. The molecule has 4 heterocycles. The smallest absolute Gasteiger partial charge is 0.387 e. The van der Waals surface area contributed by atoms with Gasteiger partial charge in [0.05, 0.1) is 23.1 Å². The maximum Gasteiger partial charge on any atom is 0.387 e. The van der Waals surface area contributed by atoms with E-state index in [1.807, 2.05) is 0 Å². The Labute approximate surface area is 193 Å². The largest absolute Gasteiger partial charge is 0.434 e. The zero-order valence-corrected chi connectivity index (χ0v) is 18.4. The molecule has 2 atom stereocenters. The molecule has 3 aromatic heterocycles. The van der Waals surface area contributed by atoms with Gasteiger partial charge in [0, 0.05) is 30.1 Å². The van der Waals surface area contributed by atoms with E-state index in [9.17, 15) is 19.0 Å². The Kier molecular flexibility index (Phi) is 5.47. The number of β-amino-alcohol motifs (C(OH)–C–C–N with tert-alkyl or cyclic N) is 1. The first kappa shape index (κ1) is 22.3. The SMILES string of the molecule is CC(C)(O)c1ncc(-c2ccc3nc4c(n3n2)C(c2ccccc2OC(F)F)NCC4O)cn1. The molecule has 1 aromatic carbocycles. The van der Waals surface area contributed by atoms with Gasteiger partial charge in [-0.1, -0.05) is 18.2 Å². The van der Waals surface area contributed by atoms with Crippen molar-refractivity contribution in [1.82, 2.24) is 29.9 Å². The van der Waals surface area contributed by atoms with Crippen LogP contribution in [-0.2, 0) is 5.60 Å². The van der Waals surface area contributed by atoms with E-state index in [-0.39, 0.29) is 18.1 Å². The highest BCUT2D eigenvalue weighted by Gasteiger charge is 2.34. The molecule has 0 radical (unpaired) electrons. The van der Waals surface area contributed by atoms with E-state index in [1.54, 1.807) is 61.1 Å². The van der Waals surface area contributed by atoms with Crippen LogP contribution in [0.2, 0.25) is 0 Å². The van der Waals surface area contributed by atoms with Crippen LogP contribution in [0.4, 0.5) is 8.78 Å². The number of imidazole rings is 1. The monoisotopic (exact) mass is 468 g/mol. The minimum atomic E-state index is -2.98. The van der Waals surface area contributed by atoms with Crippen molar-refractivity contribution in [3.63, 3.8) is 0 Å². The molecule has 0 aliphatic carbocycles. The molecule has 5 rings (SSSR count). The van der Waals surface area contributed by atoms with Gasteiger partial charge in [0.25, 0.3) is 0 Å². The quantitative estimate of drug-likeness (QED) is 0.409. The van der Waals surface area contributed by atoms with Gasteiger partial charge in [-0.3, -0.25) is 0 Å². The lowest BCUT2D eigenvalue weighted by Gasteiger charge is -2.28. The van der Waals surface area contributed by atoms with Gasteiger partial charge >= 0.3 is 6.61 Å². The highest BCUT2D eigenvalue weighted by atomic mass is 19.3. The molecule has 0 fully saturated rings. The number of benzene rings is 1. The molecule has 11 heteroatoms. The number of aromatic nitrogens is 5. The number of nitrogens with one attached hydrogen (secondary N) is 1. The molecule has 176 valence electrons. The standard InChI is InChI=1S/C23H22F2N6O3/c1-23(2,33)21-27-9-12(10-28-21)14-7-8-17-29-19-15(32)11-26-18(20(19)31(17)30-14)13-5-3-4-6-16(13)34-22(24)25/h3-10,15,18,22,26,32-33H,11H2,1-2H3. The maximum absolute atomic E-state index is 13.0. The molecule has 0 amide bonds. The van der Waals surface area contributed by atoms with Gasteiger partial charge in [-0.25, -0.2) is 19.5 Å². The Morgan fingerprint density at radius 1 is 1.15 bits per heavy atom. The highest BCUT2D eigenvalue weighted by Crippen LogP contribution is 2.37. The number of para-hydroxylation sites is 1. The second-order valence-electron chi connectivity index (χ2n) is 8.50. The van der Waals surface area contributed by atoms with Crippen molar-refractivity contribution in [3.05, 3.63) is 71.6 Å².